The van der Waals surface area contributed by atoms with Gasteiger partial charge >= 0.3 is 0 Å². The van der Waals surface area contributed by atoms with E-state index in [-0.39, 0.29) is 12.2 Å². The molecule has 1 aromatic heterocycles. The fourth-order valence-corrected chi connectivity index (χ4v) is 2.18. The average molecular weight is 294 g/mol. The van der Waals surface area contributed by atoms with E-state index in [4.69, 9.17) is 4.74 Å². The van der Waals surface area contributed by atoms with Gasteiger partial charge in [0.25, 0.3) is 5.56 Å². The van der Waals surface area contributed by atoms with Crippen molar-refractivity contribution in [2.24, 2.45) is 0 Å². The molecule has 5 heteroatoms. The summed E-state index contributed by atoms with van der Waals surface area (Å²) in [4.78, 5) is 29.7. The second-order valence-corrected chi connectivity index (χ2v) is 5.01. The van der Waals surface area contributed by atoms with Gasteiger partial charge in [-0.2, -0.15) is 4.98 Å². The van der Waals surface area contributed by atoms with Crippen molar-refractivity contribution in [2.45, 2.75) is 13.5 Å². The predicted octanol–water partition coefficient (Wildman–Crippen LogP) is 2.62. The third kappa shape index (κ3) is 2.88. The summed E-state index contributed by atoms with van der Waals surface area (Å²) in [6, 6.07) is 12.3. The second-order valence-electron chi connectivity index (χ2n) is 5.01. The molecule has 0 saturated heterocycles. The van der Waals surface area contributed by atoms with Crippen molar-refractivity contribution in [1.29, 1.82) is 0 Å². The first-order chi connectivity index (χ1) is 10.7. The van der Waals surface area contributed by atoms with Gasteiger partial charge in [0.2, 0.25) is 0 Å². The maximum absolute atomic E-state index is 12.0. The van der Waals surface area contributed by atoms with Crippen LogP contribution in [0.4, 0.5) is 0 Å². The predicted molar refractivity (Wildman–Crippen MR) is 83.3 cm³/mol. The van der Waals surface area contributed by atoms with Crippen molar-refractivity contribution < 1.29 is 9.53 Å². The molecule has 0 saturated carbocycles. The van der Waals surface area contributed by atoms with E-state index >= 15 is 0 Å². The van der Waals surface area contributed by atoms with Gasteiger partial charge < -0.3 is 9.72 Å². The standard InChI is InChI=1S/C17H14N2O3/c1-11-2-7-14-15(8-11)18-16(19-17(14)21)10-22-13-5-3-12(9-20)4-6-13/h2-9H,10H2,1H3,(H,18,19,21). The zero-order chi connectivity index (χ0) is 15.5. The number of carbonyl (C=O) groups excluding carboxylic acids is 1. The Morgan fingerprint density at radius 1 is 1.18 bits per heavy atom. The summed E-state index contributed by atoms with van der Waals surface area (Å²) in [7, 11) is 0. The quantitative estimate of drug-likeness (QED) is 0.751. The molecule has 22 heavy (non-hydrogen) atoms. The number of hydrogen-bond acceptors (Lipinski definition) is 4. The van der Waals surface area contributed by atoms with Crippen LogP contribution in [0, 0.1) is 6.92 Å². The van der Waals surface area contributed by atoms with E-state index < -0.39 is 0 Å². The Balaban J connectivity index is 1.84. The molecule has 0 fully saturated rings. The molecule has 0 bridgehead atoms. The van der Waals surface area contributed by atoms with Gasteiger partial charge in [-0.3, -0.25) is 9.59 Å². The molecule has 0 aliphatic heterocycles. The van der Waals surface area contributed by atoms with Crippen molar-refractivity contribution in [3.8, 4) is 5.75 Å². The molecule has 2 aromatic carbocycles. The van der Waals surface area contributed by atoms with Crippen molar-refractivity contribution >= 4 is 17.2 Å². The van der Waals surface area contributed by atoms with Crippen LogP contribution < -0.4 is 10.3 Å². The summed E-state index contributed by atoms with van der Waals surface area (Å²) in [6.45, 7) is 2.11. The monoisotopic (exact) mass is 294 g/mol. The van der Waals surface area contributed by atoms with E-state index in [0.717, 1.165) is 17.4 Å². The number of fused-ring (bicyclic) bond motifs is 1. The molecule has 1 N–H and O–H groups in total. The lowest BCUT2D eigenvalue weighted by molar-refractivity contribution is 0.112. The van der Waals surface area contributed by atoms with Crippen LogP contribution in [0.3, 0.4) is 0 Å². The van der Waals surface area contributed by atoms with E-state index in [1.54, 1.807) is 30.3 Å². The summed E-state index contributed by atoms with van der Waals surface area (Å²) < 4.78 is 5.58. The van der Waals surface area contributed by atoms with Gasteiger partial charge in [0.05, 0.1) is 10.9 Å². The lowest BCUT2D eigenvalue weighted by atomic mass is 10.2. The minimum atomic E-state index is -0.274. The number of benzene rings is 2. The van der Waals surface area contributed by atoms with Crippen LogP contribution in [0.2, 0.25) is 0 Å². The van der Waals surface area contributed by atoms with Gasteiger partial charge in [0.15, 0.2) is 0 Å². The highest BCUT2D eigenvalue weighted by atomic mass is 16.5. The molecular weight excluding hydrogens is 280 g/mol. The number of aryl methyl sites for hydroxylation is 1. The Bertz CT molecular complexity index is 883. The van der Waals surface area contributed by atoms with Crippen LogP contribution in [0.25, 0.3) is 10.9 Å². The lowest BCUT2D eigenvalue weighted by Crippen LogP contribution is -2.13. The highest BCUT2D eigenvalue weighted by Crippen LogP contribution is 2.13. The summed E-state index contributed by atoms with van der Waals surface area (Å²) in [5, 5.41) is 0.560. The van der Waals surface area contributed by atoms with Crippen LogP contribution in [0.15, 0.2) is 47.3 Å². The first-order valence-corrected chi connectivity index (χ1v) is 6.83. The molecule has 0 aliphatic rings. The van der Waals surface area contributed by atoms with Gasteiger partial charge in [0, 0.05) is 5.56 Å². The SMILES string of the molecule is Cc1ccc2c(=O)nc(COc3ccc(C=O)cc3)[nH]c2c1. The van der Waals surface area contributed by atoms with Crippen molar-refractivity contribution in [3.05, 3.63) is 69.8 Å². The molecule has 1 heterocycles. The van der Waals surface area contributed by atoms with E-state index in [2.05, 4.69) is 9.97 Å². The van der Waals surface area contributed by atoms with Crippen molar-refractivity contribution in [3.63, 3.8) is 0 Å². The fourth-order valence-electron chi connectivity index (χ4n) is 2.18. The van der Waals surface area contributed by atoms with Gasteiger partial charge in [0.1, 0.15) is 24.5 Å². The van der Waals surface area contributed by atoms with Crippen LogP contribution >= 0.6 is 0 Å². The normalized spacial score (nSPS) is 10.6. The highest BCUT2D eigenvalue weighted by Gasteiger charge is 2.05. The highest BCUT2D eigenvalue weighted by molar-refractivity contribution is 5.78. The summed E-state index contributed by atoms with van der Waals surface area (Å²) in [5.74, 6) is 1.07. The molecule has 0 amide bonds. The Hall–Kier alpha value is -2.95. The molecule has 0 atom stereocenters. The third-order valence-electron chi connectivity index (χ3n) is 3.31. The smallest absolute Gasteiger partial charge is 0.280 e. The van der Waals surface area contributed by atoms with Crippen molar-refractivity contribution in [1.82, 2.24) is 9.97 Å². The maximum atomic E-state index is 12.0. The third-order valence-corrected chi connectivity index (χ3v) is 3.31. The average Bonchev–Trinajstić information content (AvgIpc) is 2.53. The minimum Gasteiger partial charge on any atom is -0.486 e. The van der Waals surface area contributed by atoms with Crippen LogP contribution in [-0.4, -0.2) is 16.3 Å². The van der Waals surface area contributed by atoms with E-state index in [1.165, 1.54) is 0 Å². The molecule has 3 rings (SSSR count). The molecule has 0 spiro atoms. The number of H-pyrrole nitrogens is 1. The number of hydrogen-bond donors (Lipinski definition) is 1. The largest absolute Gasteiger partial charge is 0.486 e. The van der Waals surface area contributed by atoms with Gasteiger partial charge in [-0.25, -0.2) is 0 Å². The Kier molecular flexibility index (Phi) is 3.70. The molecule has 3 aromatic rings. The van der Waals surface area contributed by atoms with Crippen LogP contribution in [0.1, 0.15) is 21.7 Å². The van der Waals surface area contributed by atoms with E-state index in [0.29, 0.717) is 22.5 Å². The van der Waals surface area contributed by atoms with Crippen molar-refractivity contribution in [2.75, 3.05) is 0 Å². The minimum absolute atomic E-state index is 0.152. The molecule has 5 nitrogen and oxygen atoms in total. The first-order valence-electron chi connectivity index (χ1n) is 6.83. The lowest BCUT2D eigenvalue weighted by Gasteiger charge is -2.07. The summed E-state index contributed by atoms with van der Waals surface area (Å²) in [6.07, 6.45) is 0.772. The number of rotatable bonds is 4. The van der Waals surface area contributed by atoms with Gasteiger partial charge in [-0.05, 0) is 48.9 Å². The van der Waals surface area contributed by atoms with E-state index in [1.807, 2.05) is 19.1 Å². The number of aldehydes is 1. The molecule has 110 valence electrons. The zero-order valence-corrected chi connectivity index (χ0v) is 12.0. The zero-order valence-electron chi connectivity index (χ0n) is 12.0. The number of aromatic nitrogens is 2. The Labute approximate surface area is 126 Å². The van der Waals surface area contributed by atoms with Crippen LogP contribution in [0.5, 0.6) is 5.75 Å². The molecule has 0 radical (unpaired) electrons. The number of carbonyl (C=O) groups is 1. The van der Waals surface area contributed by atoms with E-state index in [9.17, 15) is 9.59 Å². The summed E-state index contributed by atoms with van der Waals surface area (Å²) >= 11 is 0. The van der Waals surface area contributed by atoms with Gasteiger partial charge in [-0.1, -0.05) is 6.07 Å². The topological polar surface area (TPSA) is 72.0 Å². The molecule has 0 aliphatic carbocycles. The number of aromatic amines is 1. The molecule has 0 unspecified atom stereocenters. The van der Waals surface area contributed by atoms with Gasteiger partial charge in [-0.15, -0.1) is 0 Å². The summed E-state index contributed by atoms with van der Waals surface area (Å²) in [5.41, 5.74) is 2.12. The number of nitrogens with zero attached hydrogens (tertiary/aromatic N) is 1. The Morgan fingerprint density at radius 2 is 1.95 bits per heavy atom. The number of nitrogens with one attached hydrogen (secondary N) is 1. The van der Waals surface area contributed by atoms with Crippen LogP contribution in [-0.2, 0) is 6.61 Å². The second kappa shape index (κ2) is 5.81. The maximum Gasteiger partial charge on any atom is 0.280 e. The fraction of sp³-hybridized carbons (Fsp3) is 0.118. The first kappa shape index (κ1) is 14.0. The molecular formula is C17H14N2O3. The number of ether oxygens (including phenoxy) is 1. The Morgan fingerprint density at radius 3 is 2.68 bits per heavy atom.